The second-order valence-corrected chi connectivity index (χ2v) is 16.7. The molecule has 0 saturated heterocycles. The lowest BCUT2D eigenvalue weighted by Crippen LogP contribution is -2.49. The molecule has 0 bridgehead atoms. The first-order chi connectivity index (χ1) is 13.7. The number of fused-ring (bicyclic) bond motifs is 1. The molecule has 2 aliphatic carbocycles. The van der Waals surface area contributed by atoms with Gasteiger partial charge in [-0.25, -0.2) is 0 Å². The summed E-state index contributed by atoms with van der Waals surface area (Å²) in [6.45, 7) is 18.6. The molecule has 0 aromatic rings. The van der Waals surface area contributed by atoms with Crippen molar-refractivity contribution in [2.24, 2.45) is 11.3 Å². The molecule has 176 valence electrons. The molecular formula is C25H48O4Si. The Kier molecular flexibility index (Phi) is 8.46. The molecule has 1 N–H and O–H groups in total. The fourth-order valence-corrected chi connectivity index (χ4v) is 6.52. The van der Waals surface area contributed by atoms with E-state index in [0.717, 1.165) is 32.1 Å². The fraction of sp³-hybridized carbons (Fsp3) is 0.920. The van der Waals surface area contributed by atoms with Crippen molar-refractivity contribution in [3.8, 4) is 0 Å². The van der Waals surface area contributed by atoms with Crippen molar-refractivity contribution < 1.29 is 19.0 Å². The molecule has 0 radical (unpaired) electrons. The van der Waals surface area contributed by atoms with Crippen LogP contribution in [0.4, 0.5) is 0 Å². The summed E-state index contributed by atoms with van der Waals surface area (Å²) in [5.74, 6) is 0.433. The van der Waals surface area contributed by atoms with Gasteiger partial charge in [0.15, 0.2) is 8.32 Å². The first-order valence-corrected chi connectivity index (χ1v) is 14.8. The summed E-state index contributed by atoms with van der Waals surface area (Å²) in [6, 6.07) is 0. The van der Waals surface area contributed by atoms with Gasteiger partial charge < -0.3 is 19.0 Å². The zero-order chi connectivity index (χ0) is 22.8. The van der Waals surface area contributed by atoms with Gasteiger partial charge in [0.1, 0.15) is 6.79 Å². The van der Waals surface area contributed by atoms with Crippen molar-refractivity contribution in [3.05, 3.63) is 11.6 Å². The van der Waals surface area contributed by atoms with Crippen LogP contribution in [0.15, 0.2) is 11.6 Å². The van der Waals surface area contributed by atoms with Crippen molar-refractivity contribution in [3.63, 3.8) is 0 Å². The Morgan fingerprint density at radius 1 is 1.20 bits per heavy atom. The number of methoxy groups -OCH3 is 1. The maximum atomic E-state index is 11.0. The van der Waals surface area contributed by atoms with Crippen molar-refractivity contribution in [2.75, 3.05) is 13.9 Å². The van der Waals surface area contributed by atoms with Gasteiger partial charge in [0.05, 0.1) is 11.7 Å². The Morgan fingerprint density at radius 3 is 2.47 bits per heavy atom. The van der Waals surface area contributed by atoms with Crippen LogP contribution in [0, 0.1) is 11.3 Å². The fourth-order valence-electron chi connectivity index (χ4n) is 5.13. The van der Waals surface area contributed by atoms with Crippen LogP contribution in [0.25, 0.3) is 0 Å². The first-order valence-electron chi connectivity index (χ1n) is 11.9. The molecule has 0 aromatic heterocycles. The van der Waals surface area contributed by atoms with E-state index in [9.17, 15) is 5.11 Å². The van der Waals surface area contributed by atoms with Gasteiger partial charge in [0.2, 0.25) is 0 Å². The van der Waals surface area contributed by atoms with Crippen LogP contribution in [0.1, 0.15) is 86.5 Å². The SMILES string of the molecule is COCOC(C)(C)CCCC=C1C(O)CC2C(O[Si](C)(C)C(C)(C)C)CCCC12C. The Morgan fingerprint density at radius 2 is 1.87 bits per heavy atom. The smallest absolute Gasteiger partial charge is 0.192 e. The van der Waals surface area contributed by atoms with Crippen LogP contribution in [-0.4, -0.2) is 45.1 Å². The van der Waals surface area contributed by atoms with E-state index in [1.807, 2.05) is 0 Å². The Balaban J connectivity index is 2.05. The first kappa shape index (κ1) is 26.1. The lowest BCUT2D eigenvalue weighted by atomic mass is 9.66. The third-order valence-electron chi connectivity index (χ3n) is 8.11. The summed E-state index contributed by atoms with van der Waals surface area (Å²) in [5.41, 5.74) is 1.17. The van der Waals surface area contributed by atoms with Crippen LogP contribution in [0.2, 0.25) is 18.1 Å². The van der Waals surface area contributed by atoms with E-state index < -0.39 is 8.32 Å². The highest BCUT2D eigenvalue weighted by Gasteiger charge is 2.54. The summed E-state index contributed by atoms with van der Waals surface area (Å²) >= 11 is 0. The van der Waals surface area contributed by atoms with Crippen LogP contribution >= 0.6 is 0 Å². The molecule has 0 aliphatic heterocycles. The molecule has 2 fully saturated rings. The van der Waals surface area contributed by atoms with Gasteiger partial charge in [-0.2, -0.15) is 0 Å². The number of ether oxygens (including phenoxy) is 2. The van der Waals surface area contributed by atoms with Gasteiger partial charge in [-0.05, 0) is 87.4 Å². The zero-order valence-corrected chi connectivity index (χ0v) is 22.1. The number of rotatable bonds is 9. The topological polar surface area (TPSA) is 47.9 Å². The van der Waals surface area contributed by atoms with Crippen molar-refractivity contribution in [1.82, 2.24) is 0 Å². The number of aliphatic hydroxyl groups excluding tert-OH is 1. The Bertz CT molecular complexity index is 592. The summed E-state index contributed by atoms with van der Waals surface area (Å²) < 4.78 is 17.7. The molecule has 0 spiro atoms. The Labute approximate surface area is 186 Å². The normalized spacial score (nSPS) is 31.9. The minimum Gasteiger partial charge on any atom is -0.414 e. The van der Waals surface area contributed by atoms with Gasteiger partial charge >= 0.3 is 0 Å². The van der Waals surface area contributed by atoms with E-state index >= 15 is 0 Å². The van der Waals surface area contributed by atoms with Crippen LogP contribution in [-0.2, 0) is 13.9 Å². The third-order valence-corrected chi connectivity index (χ3v) is 12.6. The molecule has 4 unspecified atom stereocenters. The molecule has 2 rings (SSSR count). The summed E-state index contributed by atoms with van der Waals surface area (Å²) in [6.07, 6.45) is 9.67. The average molecular weight is 441 g/mol. The number of hydrogen-bond acceptors (Lipinski definition) is 4. The molecule has 2 saturated carbocycles. The number of hydrogen-bond donors (Lipinski definition) is 1. The van der Waals surface area contributed by atoms with Crippen LogP contribution < -0.4 is 0 Å². The van der Waals surface area contributed by atoms with Gasteiger partial charge in [-0.3, -0.25) is 0 Å². The molecule has 30 heavy (non-hydrogen) atoms. The van der Waals surface area contributed by atoms with Gasteiger partial charge in [0.25, 0.3) is 0 Å². The van der Waals surface area contributed by atoms with Crippen molar-refractivity contribution in [2.45, 2.75) is 122 Å². The highest BCUT2D eigenvalue weighted by molar-refractivity contribution is 6.74. The van der Waals surface area contributed by atoms with E-state index in [0.29, 0.717) is 12.7 Å². The van der Waals surface area contributed by atoms with Crippen molar-refractivity contribution in [1.29, 1.82) is 0 Å². The lowest BCUT2D eigenvalue weighted by Gasteiger charge is -2.47. The van der Waals surface area contributed by atoms with E-state index in [1.165, 1.54) is 18.4 Å². The minimum absolute atomic E-state index is 0.0762. The Hall–Kier alpha value is -0.203. The molecular weight excluding hydrogens is 392 g/mol. The quantitative estimate of drug-likeness (QED) is 0.194. The highest BCUT2D eigenvalue weighted by atomic mass is 28.4. The van der Waals surface area contributed by atoms with Crippen LogP contribution in [0.5, 0.6) is 0 Å². The van der Waals surface area contributed by atoms with E-state index in [1.54, 1.807) is 7.11 Å². The maximum absolute atomic E-state index is 11.0. The number of unbranched alkanes of at least 4 members (excludes halogenated alkanes) is 1. The summed E-state index contributed by atoms with van der Waals surface area (Å²) in [7, 11) is -0.160. The molecule has 0 heterocycles. The predicted molar refractivity (Wildman–Crippen MR) is 127 cm³/mol. The summed E-state index contributed by atoms with van der Waals surface area (Å²) in [4.78, 5) is 0. The number of allylic oxidation sites excluding steroid dienone is 1. The molecule has 2 aliphatic rings. The minimum atomic E-state index is -1.82. The van der Waals surface area contributed by atoms with E-state index in [2.05, 4.69) is 60.7 Å². The zero-order valence-electron chi connectivity index (χ0n) is 21.1. The van der Waals surface area contributed by atoms with Gasteiger partial charge in [-0.1, -0.05) is 40.2 Å². The van der Waals surface area contributed by atoms with Gasteiger partial charge in [-0.15, -0.1) is 0 Å². The molecule has 0 amide bonds. The van der Waals surface area contributed by atoms with Gasteiger partial charge in [0, 0.05) is 13.2 Å². The standard InChI is InChI=1S/C25H48O4Si/c1-23(2,3)30(8,9)29-22-14-12-16-25(6)19(21(26)17-20(22)25)13-10-11-15-24(4,5)28-18-27-7/h13,20-22,26H,10-12,14-18H2,1-9H3. The van der Waals surface area contributed by atoms with E-state index in [-0.39, 0.29) is 28.3 Å². The third kappa shape index (κ3) is 5.98. The lowest BCUT2D eigenvalue weighted by molar-refractivity contribution is -0.117. The average Bonchev–Trinajstić information content (AvgIpc) is 2.87. The largest absolute Gasteiger partial charge is 0.414 e. The van der Waals surface area contributed by atoms with Crippen molar-refractivity contribution >= 4 is 8.32 Å². The molecule has 4 nitrogen and oxygen atoms in total. The van der Waals surface area contributed by atoms with E-state index in [4.69, 9.17) is 13.9 Å². The summed E-state index contributed by atoms with van der Waals surface area (Å²) in [5, 5.41) is 11.2. The second kappa shape index (κ2) is 9.74. The molecule has 5 heteroatoms. The maximum Gasteiger partial charge on any atom is 0.192 e. The molecule has 0 aromatic carbocycles. The number of aliphatic hydroxyl groups is 1. The monoisotopic (exact) mass is 440 g/mol. The highest BCUT2D eigenvalue weighted by Crippen LogP contribution is 2.57. The molecule has 4 atom stereocenters. The second-order valence-electron chi connectivity index (χ2n) is 11.9. The van der Waals surface area contributed by atoms with Crippen LogP contribution in [0.3, 0.4) is 0 Å². The predicted octanol–water partition coefficient (Wildman–Crippen LogP) is 6.44.